The summed E-state index contributed by atoms with van der Waals surface area (Å²) in [6.45, 7) is -0.0158. The molecule has 0 bridgehead atoms. The van der Waals surface area contributed by atoms with E-state index < -0.39 is 6.10 Å². The second kappa shape index (κ2) is 3.58. The number of nitrogens with two attached hydrogens (primary N) is 1. The van der Waals surface area contributed by atoms with Gasteiger partial charge in [-0.1, -0.05) is 0 Å². The van der Waals surface area contributed by atoms with Crippen molar-refractivity contribution in [3.8, 4) is 0 Å². The molecular formula is C12H15N5O3. The topological polar surface area (TPSA) is 130 Å². The number of H-pyrrole nitrogens is 1. The van der Waals surface area contributed by atoms with Gasteiger partial charge in [0.15, 0.2) is 11.2 Å². The van der Waals surface area contributed by atoms with Crippen LogP contribution >= 0.6 is 0 Å². The molecule has 0 radical (unpaired) electrons. The smallest absolute Gasteiger partial charge is 0.280 e. The van der Waals surface area contributed by atoms with Gasteiger partial charge in [-0.15, -0.1) is 0 Å². The van der Waals surface area contributed by atoms with E-state index >= 15 is 0 Å². The van der Waals surface area contributed by atoms with Crippen molar-refractivity contribution in [3.63, 3.8) is 0 Å². The summed E-state index contributed by atoms with van der Waals surface area (Å²) in [7, 11) is 0. The van der Waals surface area contributed by atoms with Crippen molar-refractivity contribution in [2.24, 2.45) is 11.3 Å². The molecule has 20 heavy (non-hydrogen) atoms. The number of fused-ring (bicyclic) bond motifs is 2. The minimum absolute atomic E-state index is 0.00384. The summed E-state index contributed by atoms with van der Waals surface area (Å²) in [5.41, 5.74) is 5.51. The average Bonchev–Trinajstić information content (AvgIpc) is 2.91. The van der Waals surface area contributed by atoms with Crippen LogP contribution in [0.25, 0.3) is 11.2 Å². The molecule has 2 fully saturated rings. The predicted molar refractivity (Wildman–Crippen MR) is 69.8 cm³/mol. The number of nitrogens with zero attached hydrogens (tertiary/aromatic N) is 3. The van der Waals surface area contributed by atoms with Crippen molar-refractivity contribution in [2.45, 2.75) is 25.0 Å². The molecule has 4 atom stereocenters. The summed E-state index contributed by atoms with van der Waals surface area (Å²) in [4.78, 5) is 22.4. The van der Waals surface area contributed by atoms with E-state index in [-0.39, 0.29) is 41.0 Å². The molecule has 0 unspecified atom stereocenters. The van der Waals surface area contributed by atoms with Crippen LogP contribution in [0.5, 0.6) is 0 Å². The second-order valence-electron chi connectivity index (χ2n) is 5.80. The van der Waals surface area contributed by atoms with E-state index in [1.165, 1.54) is 0 Å². The summed E-state index contributed by atoms with van der Waals surface area (Å²) >= 11 is 0. The summed E-state index contributed by atoms with van der Waals surface area (Å²) in [6, 6.07) is -0.00384. The minimum Gasteiger partial charge on any atom is -0.396 e. The fourth-order valence-corrected chi connectivity index (χ4v) is 3.66. The molecule has 106 valence electrons. The number of aromatic nitrogens is 4. The van der Waals surface area contributed by atoms with Gasteiger partial charge in [-0.25, -0.2) is 4.98 Å². The lowest BCUT2D eigenvalue weighted by molar-refractivity contribution is 0.0600. The summed E-state index contributed by atoms with van der Waals surface area (Å²) in [5.74, 6) is 0.245. The number of nitrogen functional groups attached to an aromatic ring is 1. The molecule has 4 rings (SSSR count). The van der Waals surface area contributed by atoms with Gasteiger partial charge in [0, 0.05) is 11.5 Å². The maximum atomic E-state index is 11.8. The number of aliphatic hydroxyl groups excluding tert-OH is 2. The van der Waals surface area contributed by atoms with Crippen LogP contribution in [0.4, 0.5) is 5.95 Å². The van der Waals surface area contributed by atoms with E-state index in [1.807, 2.05) is 0 Å². The number of hydrogen-bond acceptors (Lipinski definition) is 6. The highest BCUT2D eigenvalue weighted by Gasteiger charge is 2.67. The zero-order valence-corrected chi connectivity index (χ0v) is 10.7. The van der Waals surface area contributed by atoms with Crippen molar-refractivity contribution < 1.29 is 10.2 Å². The molecule has 8 nitrogen and oxygen atoms in total. The Morgan fingerprint density at radius 1 is 1.60 bits per heavy atom. The Balaban J connectivity index is 1.83. The van der Waals surface area contributed by atoms with Crippen LogP contribution in [-0.4, -0.2) is 42.4 Å². The van der Waals surface area contributed by atoms with Gasteiger partial charge >= 0.3 is 0 Å². The Morgan fingerprint density at radius 2 is 2.40 bits per heavy atom. The maximum Gasteiger partial charge on any atom is 0.280 e. The Morgan fingerprint density at radius 3 is 3.05 bits per heavy atom. The van der Waals surface area contributed by atoms with Gasteiger partial charge in [-0.2, -0.15) is 4.98 Å². The summed E-state index contributed by atoms with van der Waals surface area (Å²) in [5, 5.41) is 19.6. The number of aromatic amines is 1. The van der Waals surface area contributed by atoms with Crippen molar-refractivity contribution in [3.05, 3.63) is 16.7 Å². The minimum atomic E-state index is -0.528. The number of hydrogen-bond donors (Lipinski definition) is 4. The third-order valence-electron chi connectivity index (χ3n) is 4.87. The van der Waals surface area contributed by atoms with Gasteiger partial charge in [0.05, 0.1) is 19.0 Å². The molecule has 2 heterocycles. The first kappa shape index (κ1) is 11.9. The van der Waals surface area contributed by atoms with Crippen molar-refractivity contribution >= 4 is 17.1 Å². The molecule has 2 aromatic rings. The molecule has 5 N–H and O–H groups in total. The quantitative estimate of drug-likeness (QED) is 0.557. The highest BCUT2D eigenvalue weighted by molar-refractivity contribution is 5.70. The van der Waals surface area contributed by atoms with Crippen LogP contribution in [0.3, 0.4) is 0 Å². The molecule has 0 saturated heterocycles. The van der Waals surface area contributed by atoms with E-state index in [0.29, 0.717) is 12.1 Å². The molecule has 0 amide bonds. The van der Waals surface area contributed by atoms with Crippen LogP contribution in [0.1, 0.15) is 18.9 Å². The zero-order valence-electron chi connectivity index (χ0n) is 10.7. The Hall–Kier alpha value is -1.93. The van der Waals surface area contributed by atoms with Crippen molar-refractivity contribution in [1.29, 1.82) is 0 Å². The fraction of sp³-hybridized carbons (Fsp3) is 0.583. The van der Waals surface area contributed by atoms with E-state index in [9.17, 15) is 15.0 Å². The standard InChI is InChI=1S/C12H15N5O3/c13-11-15-9-8(10(20)16-11)14-4-17(9)6-1-7(19)12(3-18)2-5(6)12/h4-7,18-19H,1-3H2,(H3,13,15,16,20)/t5-,6+,7+,12+/m1/s1. The highest BCUT2D eigenvalue weighted by Crippen LogP contribution is 2.67. The van der Waals surface area contributed by atoms with Crippen LogP contribution in [0.15, 0.2) is 11.1 Å². The van der Waals surface area contributed by atoms with Crippen LogP contribution in [0.2, 0.25) is 0 Å². The lowest BCUT2D eigenvalue weighted by atomic mass is 10.0. The fourth-order valence-electron chi connectivity index (χ4n) is 3.66. The maximum absolute atomic E-state index is 11.8. The molecule has 8 heteroatoms. The van der Waals surface area contributed by atoms with Crippen LogP contribution < -0.4 is 11.3 Å². The van der Waals surface area contributed by atoms with Crippen LogP contribution in [0, 0.1) is 11.3 Å². The SMILES string of the molecule is Nc1nc2c(ncn2[C@H]2C[C@H](O)[C@]3(CO)C[C@H]23)c(=O)[nH]1. The first-order valence-corrected chi connectivity index (χ1v) is 6.58. The molecule has 2 aliphatic rings. The average molecular weight is 277 g/mol. The summed E-state index contributed by atoms with van der Waals surface area (Å²) in [6.07, 6.45) is 2.35. The number of imidazole rings is 1. The molecule has 2 aromatic heterocycles. The molecule has 2 saturated carbocycles. The first-order chi connectivity index (χ1) is 9.56. The van der Waals surface area contributed by atoms with Gasteiger partial charge in [0.1, 0.15) is 0 Å². The number of aliphatic hydroxyl groups is 2. The lowest BCUT2D eigenvalue weighted by Gasteiger charge is -2.16. The van der Waals surface area contributed by atoms with Crippen molar-refractivity contribution in [2.75, 3.05) is 12.3 Å². The third-order valence-corrected chi connectivity index (χ3v) is 4.87. The Bertz CT molecular complexity index is 753. The van der Waals surface area contributed by atoms with E-state index in [4.69, 9.17) is 5.73 Å². The largest absolute Gasteiger partial charge is 0.396 e. The number of rotatable bonds is 2. The Kier molecular flexibility index (Phi) is 2.13. The molecule has 0 aliphatic heterocycles. The zero-order chi connectivity index (χ0) is 14.1. The summed E-state index contributed by atoms with van der Waals surface area (Å²) < 4.78 is 1.80. The highest BCUT2D eigenvalue weighted by atomic mass is 16.3. The van der Waals surface area contributed by atoms with Gasteiger partial charge in [0.25, 0.3) is 5.56 Å². The van der Waals surface area contributed by atoms with E-state index in [0.717, 1.165) is 6.42 Å². The number of nitrogens with one attached hydrogen (secondary N) is 1. The van der Waals surface area contributed by atoms with Gasteiger partial charge < -0.3 is 20.5 Å². The first-order valence-electron chi connectivity index (χ1n) is 6.58. The molecule has 0 aromatic carbocycles. The monoisotopic (exact) mass is 277 g/mol. The second-order valence-corrected chi connectivity index (χ2v) is 5.80. The Labute approximate surface area is 113 Å². The molecular weight excluding hydrogens is 262 g/mol. The lowest BCUT2D eigenvalue weighted by Crippen LogP contribution is -2.22. The van der Waals surface area contributed by atoms with Gasteiger partial charge in [0.2, 0.25) is 5.95 Å². The van der Waals surface area contributed by atoms with Gasteiger partial charge in [-0.05, 0) is 18.8 Å². The third kappa shape index (κ3) is 1.30. The van der Waals surface area contributed by atoms with Crippen LogP contribution in [-0.2, 0) is 0 Å². The van der Waals surface area contributed by atoms with Gasteiger partial charge in [-0.3, -0.25) is 9.78 Å². The number of anilines is 1. The molecule has 2 aliphatic carbocycles. The normalized spacial score (nSPS) is 35.4. The van der Waals surface area contributed by atoms with E-state index in [1.54, 1.807) is 10.9 Å². The van der Waals surface area contributed by atoms with E-state index in [2.05, 4.69) is 15.0 Å². The predicted octanol–water partition coefficient (Wildman–Crippen LogP) is -0.994. The van der Waals surface area contributed by atoms with Crippen molar-refractivity contribution in [1.82, 2.24) is 19.5 Å². The molecule has 0 spiro atoms.